The molecule has 0 aliphatic heterocycles. The molecular formula is C7H15NSe2. The van der Waals surface area contributed by atoms with E-state index >= 15 is 0 Å². The van der Waals surface area contributed by atoms with Gasteiger partial charge in [-0.15, -0.1) is 0 Å². The minimum absolute atomic E-state index is 1.17. The van der Waals surface area contributed by atoms with Crippen LogP contribution in [0.15, 0.2) is 0 Å². The van der Waals surface area contributed by atoms with E-state index in [0.29, 0.717) is 0 Å². The van der Waals surface area contributed by atoms with Gasteiger partial charge in [0.2, 0.25) is 0 Å². The molecule has 0 fully saturated rings. The van der Waals surface area contributed by atoms with E-state index in [0.717, 1.165) is 0 Å². The number of hydrogen-bond acceptors (Lipinski definition) is 1. The molecule has 0 N–H and O–H groups in total. The number of rotatable bonds is 5. The van der Waals surface area contributed by atoms with E-state index in [4.69, 9.17) is 0 Å². The van der Waals surface area contributed by atoms with Crippen molar-refractivity contribution in [3.05, 3.63) is 0 Å². The first-order valence-electron chi connectivity index (χ1n) is 3.70. The van der Waals surface area contributed by atoms with Crippen molar-refractivity contribution in [3.8, 4) is 0 Å². The molecule has 0 saturated heterocycles. The third-order valence-corrected chi connectivity index (χ3v) is 2.39. The van der Waals surface area contributed by atoms with E-state index in [9.17, 15) is 0 Å². The fraction of sp³-hybridized carbons (Fsp3) is 0.857. The SMILES string of the molecule is CCCN(CCC)C(=[Se])[SeH]. The Bertz CT molecular complexity index is 97.8. The first kappa shape index (κ1) is 10.7. The summed E-state index contributed by atoms with van der Waals surface area (Å²) in [6.07, 6.45) is 2.45. The Kier molecular flexibility index (Phi) is 6.88. The molecule has 10 heavy (non-hydrogen) atoms. The van der Waals surface area contributed by atoms with Crippen LogP contribution in [0.1, 0.15) is 26.7 Å². The van der Waals surface area contributed by atoms with Gasteiger partial charge in [0.25, 0.3) is 0 Å². The van der Waals surface area contributed by atoms with E-state index in [1.165, 1.54) is 29.4 Å². The van der Waals surface area contributed by atoms with Crippen LogP contribution >= 0.6 is 0 Å². The Balaban J connectivity index is 3.61. The monoisotopic (exact) mass is 273 g/mol. The van der Waals surface area contributed by atoms with E-state index in [-0.39, 0.29) is 0 Å². The maximum atomic E-state index is 3.02. The van der Waals surface area contributed by atoms with Crippen LogP contribution in [0.25, 0.3) is 0 Å². The molecule has 0 aromatic carbocycles. The van der Waals surface area contributed by atoms with Gasteiger partial charge in [-0.25, -0.2) is 0 Å². The molecule has 0 aromatic rings. The minimum atomic E-state index is 1.17. The normalized spacial score (nSPS) is 9.50. The molecule has 0 saturated carbocycles. The van der Waals surface area contributed by atoms with Crippen molar-refractivity contribution in [1.82, 2.24) is 4.90 Å². The topological polar surface area (TPSA) is 3.24 Å². The summed E-state index contributed by atoms with van der Waals surface area (Å²) in [5.41, 5.74) is 0. The molecule has 0 radical (unpaired) electrons. The zero-order valence-electron chi connectivity index (χ0n) is 6.63. The zero-order valence-corrected chi connectivity index (χ0v) is 10.2. The van der Waals surface area contributed by atoms with Crippen LogP contribution in [-0.2, 0) is 0 Å². The molecule has 0 aromatic heterocycles. The van der Waals surface area contributed by atoms with Crippen molar-refractivity contribution < 1.29 is 0 Å². The number of hydrogen-bond donors (Lipinski definition) is 0. The van der Waals surface area contributed by atoms with Gasteiger partial charge in [-0.2, -0.15) is 0 Å². The van der Waals surface area contributed by atoms with Crippen molar-refractivity contribution in [1.29, 1.82) is 0 Å². The van der Waals surface area contributed by atoms with E-state index in [2.05, 4.69) is 50.3 Å². The maximum absolute atomic E-state index is 3.02. The molecule has 0 spiro atoms. The van der Waals surface area contributed by atoms with Crippen molar-refractivity contribution in [3.63, 3.8) is 0 Å². The van der Waals surface area contributed by atoms with Crippen LogP contribution in [0.5, 0.6) is 0 Å². The summed E-state index contributed by atoms with van der Waals surface area (Å²) in [6.45, 7) is 6.76. The first-order chi connectivity index (χ1) is 4.72. The van der Waals surface area contributed by atoms with Crippen molar-refractivity contribution in [2.24, 2.45) is 0 Å². The first-order valence-corrected chi connectivity index (χ1v) is 5.49. The molecule has 0 heterocycles. The van der Waals surface area contributed by atoms with Crippen molar-refractivity contribution in [2.75, 3.05) is 13.1 Å². The molecule has 0 rings (SSSR count). The van der Waals surface area contributed by atoms with Gasteiger partial charge in [-0.3, -0.25) is 0 Å². The molecule has 0 aliphatic carbocycles. The van der Waals surface area contributed by atoms with Crippen molar-refractivity contribution >= 4 is 35.0 Å². The Morgan fingerprint density at radius 3 is 1.90 bits per heavy atom. The standard InChI is InChI=1S/C7H15NSe2/c1-3-5-8(6-4-2)7(9)10/h3-6H2,1-2H3,(H,9,10). The Morgan fingerprint density at radius 2 is 1.70 bits per heavy atom. The van der Waals surface area contributed by atoms with Gasteiger partial charge >= 0.3 is 79.7 Å². The van der Waals surface area contributed by atoms with Gasteiger partial charge in [0.1, 0.15) is 0 Å². The van der Waals surface area contributed by atoms with Crippen LogP contribution in [-0.4, -0.2) is 53.0 Å². The van der Waals surface area contributed by atoms with Gasteiger partial charge in [-0.05, 0) is 0 Å². The molecular weight excluding hydrogens is 256 g/mol. The third kappa shape index (κ3) is 4.51. The Hall–Kier alpha value is 0.709. The Labute approximate surface area is 79.7 Å². The van der Waals surface area contributed by atoms with Gasteiger partial charge in [0.15, 0.2) is 0 Å². The fourth-order valence-electron chi connectivity index (χ4n) is 0.843. The molecule has 1 nitrogen and oxygen atoms in total. The van der Waals surface area contributed by atoms with Gasteiger partial charge < -0.3 is 0 Å². The zero-order chi connectivity index (χ0) is 7.98. The second-order valence-electron chi connectivity index (χ2n) is 2.27. The molecule has 0 atom stereocenters. The van der Waals surface area contributed by atoms with Crippen molar-refractivity contribution in [2.45, 2.75) is 26.7 Å². The molecule has 0 amide bonds. The molecule has 60 valence electrons. The van der Waals surface area contributed by atoms with Crippen LogP contribution in [0.3, 0.4) is 0 Å². The predicted molar refractivity (Wildman–Crippen MR) is 50.1 cm³/mol. The summed E-state index contributed by atoms with van der Waals surface area (Å²) in [4.78, 5) is 2.36. The second-order valence-corrected chi connectivity index (χ2v) is 5.45. The van der Waals surface area contributed by atoms with Crippen LogP contribution in [0.4, 0.5) is 0 Å². The summed E-state index contributed by atoms with van der Waals surface area (Å²) in [7, 11) is 0. The predicted octanol–water partition coefficient (Wildman–Crippen LogP) is 0.265. The third-order valence-electron chi connectivity index (χ3n) is 1.26. The quantitative estimate of drug-likeness (QED) is 0.649. The molecule has 0 unspecified atom stereocenters. The average Bonchev–Trinajstić information content (AvgIpc) is 1.87. The van der Waals surface area contributed by atoms with Crippen LogP contribution in [0.2, 0.25) is 0 Å². The van der Waals surface area contributed by atoms with Gasteiger partial charge in [-0.1, -0.05) is 0 Å². The van der Waals surface area contributed by atoms with E-state index in [1.807, 2.05) is 0 Å². The fourth-order valence-corrected chi connectivity index (χ4v) is 1.65. The molecule has 3 heteroatoms. The molecule has 0 bridgehead atoms. The second kappa shape index (κ2) is 6.42. The summed E-state index contributed by atoms with van der Waals surface area (Å²) < 4.78 is 1.26. The summed E-state index contributed by atoms with van der Waals surface area (Å²) >= 11 is 5.59. The summed E-state index contributed by atoms with van der Waals surface area (Å²) in [5.74, 6) is 0. The van der Waals surface area contributed by atoms with Gasteiger partial charge in [0, 0.05) is 0 Å². The van der Waals surface area contributed by atoms with Crippen LogP contribution < -0.4 is 0 Å². The van der Waals surface area contributed by atoms with Crippen LogP contribution in [0, 0.1) is 0 Å². The Morgan fingerprint density at radius 1 is 1.30 bits per heavy atom. The number of nitrogens with zero attached hydrogens (tertiary/aromatic N) is 1. The molecule has 0 aliphatic rings. The summed E-state index contributed by atoms with van der Waals surface area (Å²) in [6, 6.07) is 0. The van der Waals surface area contributed by atoms with E-state index in [1.54, 1.807) is 0 Å². The summed E-state index contributed by atoms with van der Waals surface area (Å²) in [5, 5.41) is 0. The van der Waals surface area contributed by atoms with E-state index < -0.39 is 0 Å². The average molecular weight is 271 g/mol. The van der Waals surface area contributed by atoms with Gasteiger partial charge in [0.05, 0.1) is 0 Å².